The second-order valence-corrected chi connectivity index (χ2v) is 6.74. The second kappa shape index (κ2) is 10.1. The number of hydrogen-bond acceptors (Lipinski definition) is 4. The van der Waals surface area contributed by atoms with Crippen LogP contribution < -0.4 is 4.74 Å². The Hall–Kier alpha value is -2.63. The summed E-state index contributed by atoms with van der Waals surface area (Å²) in [5, 5.41) is 9.03. The first kappa shape index (κ1) is 20.1. The molecule has 5 nitrogen and oxygen atoms in total. The number of aromatic nitrogens is 2. The Morgan fingerprint density at radius 1 is 1.04 bits per heavy atom. The van der Waals surface area contributed by atoms with Crippen molar-refractivity contribution in [2.75, 3.05) is 19.8 Å². The van der Waals surface area contributed by atoms with Gasteiger partial charge in [-0.1, -0.05) is 49.4 Å². The van der Waals surface area contributed by atoms with Crippen LogP contribution in [0.15, 0.2) is 60.9 Å². The lowest BCUT2D eigenvalue weighted by atomic mass is 10.0. The average molecular weight is 380 g/mol. The molecule has 2 aromatic carbocycles. The number of ether oxygens (including phenoxy) is 2. The van der Waals surface area contributed by atoms with E-state index in [4.69, 9.17) is 19.6 Å². The number of nitrogens with zero attached hydrogens (tertiary/aromatic N) is 2. The SMILES string of the molecule is CCCOC(C)Cn1cnc(-c2ccccc2)c1-c1cccc(OCCO)c1. The van der Waals surface area contributed by atoms with Gasteiger partial charge in [-0.15, -0.1) is 0 Å². The lowest BCUT2D eigenvalue weighted by Crippen LogP contribution is -2.17. The molecule has 1 atom stereocenters. The first-order chi connectivity index (χ1) is 13.7. The molecule has 1 unspecified atom stereocenters. The van der Waals surface area contributed by atoms with Gasteiger partial charge < -0.3 is 19.1 Å². The van der Waals surface area contributed by atoms with Crippen LogP contribution in [-0.2, 0) is 11.3 Å². The molecule has 0 radical (unpaired) electrons. The fourth-order valence-electron chi connectivity index (χ4n) is 3.18. The second-order valence-electron chi connectivity index (χ2n) is 6.74. The van der Waals surface area contributed by atoms with Crippen LogP contribution in [0.2, 0.25) is 0 Å². The minimum atomic E-state index is -0.0102. The van der Waals surface area contributed by atoms with E-state index < -0.39 is 0 Å². The van der Waals surface area contributed by atoms with Gasteiger partial charge >= 0.3 is 0 Å². The quantitative estimate of drug-likeness (QED) is 0.566. The number of hydrogen-bond donors (Lipinski definition) is 1. The molecule has 1 aromatic heterocycles. The van der Waals surface area contributed by atoms with E-state index in [-0.39, 0.29) is 19.3 Å². The van der Waals surface area contributed by atoms with Crippen molar-refractivity contribution < 1.29 is 14.6 Å². The summed E-state index contributed by atoms with van der Waals surface area (Å²) in [6.07, 6.45) is 2.97. The van der Waals surface area contributed by atoms with Crippen LogP contribution in [0.4, 0.5) is 0 Å². The van der Waals surface area contributed by atoms with Crippen LogP contribution >= 0.6 is 0 Å². The maximum Gasteiger partial charge on any atom is 0.120 e. The molecule has 3 aromatic rings. The molecule has 148 valence electrons. The largest absolute Gasteiger partial charge is 0.491 e. The van der Waals surface area contributed by atoms with Gasteiger partial charge in [-0.2, -0.15) is 0 Å². The summed E-state index contributed by atoms with van der Waals surface area (Å²) in [5.41, 5.74) is 4.06. The molecule has 1 N–H and O–H groups in total. The van der Waals surface area contributed by atoms with Gasteiger partial charge in [-0.25, -0.2) is 4.98 Å². The van der Waals surface area contributed by atoms with Crippen molar-refractivity contribution in [1.29, 1.82) is 0 Å². The fraction of sp³-hybridized carbons (Fsp3) is 0.348. The maximum absolute atomic E-state index is 9.03. The van der Waals surface area contributed by atoms with E-state index in [2.05, 4.69) is 36.6 Å². The number of benzene rings is 2. The highest BCUT2D eigenvalue weighted by molar-refractivity contribution is 5.79. The van der Waals surface area contributed by atoms with Gasteiger partial charge in [0.1, 0.15) is 12.4 Å². The van der Waals surface area contributed by atoms with Crippen LogP contribution in [0.25, 0.3) is 22.5 Å². The summed E-state index contributed by atoms with van der Waals surface area (Å²) in [7, 11) is 0. The van der Waals surface area contributed by atoms with E-state index >= 15 is 0 Å². The third-order valence-corrected chi connectivity index (χ3v) is 4.41. The first-order valence-corrected chi connectivity index (χ1v) is 9.79. The molecule has 3 rings (SSSR count). The van der Waals surface area contributed by atoms with Crippen LogP contribution in [0.1, 0.15) is 20.3 Å². The van der Waals surface area contributed by atoms with Gasteiger partial charge in [0.05, 0.1) is 37.0 Å². The minimum Gasteiger partial charge on any atom is -0.491 e. The molecule has 0 spiro atoms. The molecule has 0 aliphatic rings. The van der Waals surface area contributed by atoms with Crippen molar-refractivity contribution in [3.63, 3.8) is 0 Å². The van der Waals surface area contributed by atoms with Crippen LogP contribution in [0.3, 0.4) is 0 Å². The number of aliphatic hydroxyl groups excluding tert-OH is 1. The molecule has 0 amide bonds. The van der Waals surface area contributed by atoms with E-state index in [1.807, 2.05) is 42.7 Å². The van der Waals surface area contributed by atoms with Crippen molar-refractivity contribution >= 4 is 0 Å². The predicted octanol–water partition coefficient (Wildman–Crippen LogP) is 4.40. The van der Waals surface area contributed by atoms with Crippen LogP contribution in [0.5, 0.6) is 5.75 Å². The van der Waals surface area contributed by atoms with E-state index in [9.17, 15) is 0 Å². The Morgan fingerprint density at radius 3 is 2.57 bits per heavy atom. The first-order valence-electron chi connectivity index (χ1n) is 9.79. The van der Waals surface area contributed by atoms with Gasteiger partial charge in [0, 0.05) is 17.7 Å². The van der Waals surface area contributed by atoms with Crippen molar-refractivity contribution in [2.24, 2.45) is 0 Å². The van der Waals surface area contributed by atoms with Crippen molar-refractivity contribution in [1.82, 2.24) is 9.55 Å². The zero-order chi connectivity index (χ0) is 19.8. The van der Waals surface area contributed by atoms with E-state index in [1.165, 1.54) is 0 Å². The average Bonchev–Trinajstić information content (AvgIpc) is 3.15. The van der Waals surface area contributed by atoms with Gasteiger partial charge in [-0.05, 0) is 25.5 Å². The molecule has 1 heterocycles. The van der Waals surface area contributed by atoms with E-state index in [0.29, 0.717) is 0 Å². The third-order valence-electron chi connectivity index (χ3n) is 4.41. The van der Waals surface area contributed by atoms with Gasteiger partial charge in [0.2, 0.25) is 0 Å². The molecular formula is C23H28N2O3. The third kappa shape index (κ3) is 5.00. The summed E-state index contributed by atoms with van der Waals surface area (Å²) >= 11 is 0. The van der Waals surface area contributed by atoms with E-state index in [0.717, 1.165) is 47.8 Å². The summed E-state index contributed by atoms with van der Waals surface area (Å²) in [5.74, 6) is 0.730. The topological polar surface area (TPSA) is 56.5 Å². The monoisotopic (exact) mass is 380 g/mol. The minimum absolute atomic E-state index is 0.0102. The number of imidazole rings is 1. The van der Waals surface area contributed by atoms with Gasteiger partial charge in [0.15, 0.2) is 0 Å². The van der Waals surface area contributed by atoms with Crippen molar-refractivity contribution in [2.45, 2.75) is 32.9 Å². The number of aliphatic hydroxyl groups is 1. The summed E-state index contributed by atoms with van der Waals surface area (Å²) in [6, 6.07) is 18.1. The fourth-order valence-corrected chi connectivity index (χ4v) is 3.18. The van der Waals surface area contributed by atoms with Crippen LogP contribution in [0, 0.1) is 0 Å². The molecule has 0 saturated carbocycles. The van der Waals surface area contributed by atoms with Crippen molar-refractivity contribution in [3.05, 3.63) is 60.9 Å². The molecule has 0 aliphatic carbocycles. The highest BCUT2D eigenvalue weighted by Gasteiger charge is 2.17. The Kier molecular flexibility index (Phi) is 7.23. The molecule has 0 fully saturated rings. The zero-order valence-corrected chi connectivity index (χ0v) is 16.5. The Bertz CT molecular complexity index is 861. The normalized spacial score (nSPS) is 12.1. The predicted molar refractivity (Wildman–Crippen MR) is 111 cm³/mol. The summed E-state index contributed by atoms with van der Waals surface area (Å²) < 4.78 is 13.6. The Labute approximate surface area is 166 Å². The highest BCUT2D eigenvalue weighted by Crippen LogP contribution is 2.33. The molecule has 0 saturated heterocycles. The Balaban J connectivity index is 1.99. The maximum atomic E-state index is 9.03. The summed E-state index contributed by atoms with van der Waals surface area (Å²) in [6.45, 7) is 5.93. The molecule has 0 aliphatic heterocycles. The smallest absolute Gasteiger partial charge is 0.120 e. The Morgan fingerprint density at radius 2 is 1.82 bits per heavy atom. The van der Waals surface area contributed by atoms with E-state index in [1.54, 1.807) is 0 Å². The lowest BCUT2D eigenvalue weighted by Gasteiger charge is -2.17. The summed E-state index contributed by atoms with van der Waals surface area (Å²) in [4.78, 5) is 4.71. The van der Waals surface area contributed by atoms with Crippen LogP contribution in [-0.4, -0.2) is 40.6 Å². The van der Waals surface area contributed by atoms with Crippen molar-refractivity contribution in [3.8, 4) is 28.3 Å². The molecular weight excluding hydrogens is 352 g/mol. The van der Waals surface area contributed by atoms with Gasteiger partial charge in [-0.3, -0.25) is 0 Å². The molecule has 0 bridgehead atoms. The molecule has 28 heavy (non-hydrogen) atoms. The standard InChI is InChI=1S/C23H28N2O3/c1-3-13-27-18(2)16-25-17-24-22(19-8-5-4-6-9-19)23(25)20-10-7-11-21(15-20)28-14-12-26/h4-11,15,17-18,26H,3,12-14,16H2,1-2H3. The number of rotatable bonds is 10. The zero-order valence-electron chi connectivity index (χ0n) is 16.5. The lowest BCUT2D eigenvalue weighted by molar-refractivity contribution is 0.0551. The van der Waals surface area contributed by atoms with Gasteiger partial charge in [0.25, 0.3) is 0 Å². The highest BCUT2D eigenvalue weighted by atomic mass is 16.5. The molecule has 5 heteroatoms.